The number of allylic oxidation sites excluding steroid dienone is 14. The molecule has 0 aromatic carbocycles. The van der Waals surface area contributed by atoms with Crippen LogP contribution in [0.4, 0.5) is 0 Å². The number of hydrogen-bond donors (Lipinski definition) is 4. The summed E-state index contributed by atoms with van der Waals surface area (Å²) in [7, 11) is 0. The van der Waals surface area contributed by atoms with Crippen LogP contribution < -0.4 is 10.6 Å². The lowest BCUT2D eigenvalue weighted by Crippen LogP contribution is -2.67. The molecule has 59 heavy (non-hydrogen) atoms. The lowest BCUT2D eigenvalue weighted by Gasteiger charge is -2.71. The van der Waals surface area contributed by atoms with Crippen LogP contribution in [0.1, 0.15) is 158 Å². The predicted molar refractivity (Wildman–Crippen MR) is 245 cm³/mol. The molecule has 4 fully saturated rings. The van der Waals surface area contributed by atoms with Crippen molar-refractivity contribution in [3.8, 4) is 0 Å². The van der Waals surface area contributed by atoms with Crippen LogP contribution in [-0.4, -0.2) is 47.3 Å². The summed E-state index contributed by atoms with van der Waals surface area (Å²) in [6, 6.07) is 0. The van der Waals surface area contributed by atoms with E-state index < -0.39 is 17.6 Å². The molecule has 0 aromatic rings. The van der Waals surface area contributed by atoms with E-state index in [1.54, 1.807) is 0 Å². The third-order valence-electron chi connectivity index (χ3n) is 16.6. The average molecular weight is 811 g/mol. The number of carbonyl (C=O) groups excluding carboxylic acids is 2. The van der Waals surface area contributed by atoms with E-state index in [4.69, 9.17) is 0 Å². The maximum absolute atomic E-state index is 14.4. The molecular formula is C53H82N2O4. The maximum Gasteiger partial charge on any atom is 0.226 e. The third-order valence-corrected chi connectivity index (χ3v) is 16.6. The van der Waals surface area contributed by atoms with Crippen LogP contribution in [0.2, 0.25) is 0 Å². The summed E-state index contributed by atoms with van der Waals surface area (Å²) < 4.78 is 0. The molecular weight excluding hydrogens is 729 g/mol. The smallest absolute Gasteiger partial charge is 0.226 e. The van der Waals surface area contributed by atoms with Crippen molar-refractivity contribution in [3.63, 3.8) is 0 Å². The number of hydrogen-bond acceptors (Lipinski definition) is 4. The van der Waals surface area contributed by atoms with Crippen molar-refractivity contribution in [2.24, 2.45) is 50.7 Å². The van der Waals surface area contributed by atoms with Gasteiger partial charge in [-0.1, -0.05) is 146 Å². The minimum Gasteiger partial charge on any atom is -0.390 e. The maximum atomic E-state index is 14.4. The molecule has 5 aliphatic carbocycles. The monoisotopic (exact) mass is 811 g/mol. The molecule has 0 heterocycles. The first kappa shape index (κ1) is 47.1. The second kappa shape index (κ2) is 20.7. The van der Waals surface area contributed by atoms with Gasteiger partial charge in [0.1, 0.15) is 0 Å². The number of amides is 2. The van der Waals surface area contributed by atoms with Gasteiger partial charge in [0, 0.05) is 19.5 Å². The molecule has 0 radical (unpaired) electrons. The first-order valence-corrected chi connectivity index (χ1v) is 23.7. The predicted octanol–water partition coefficient (Wildman–Crippen LogP) is 11.4. The van der Waals surface area contributed by atoms with Gasteiger partial charge in [-0.05, 0) is 135 Å². The zero-order valence-electron chi connectivity index (χ0n) is 38.1. The van der Waals surface area contributed by atoms with Gasteiger partial charge in [0.05, 0.1) is 17.6 Å². The third kappa shape index (κ3) is 10.1. The van der Waals surface area contributed by atoms with Crippen LogP contribution in [0, 0.1) is 50.7 Å². The Morgan fingerprint density at radius 3 is 1.92 bits per heavy atom. The summed E-state index contributed by atoms with van der Waals surface area (Å²) >= 11 is 0. The summed E-state index contributed by atoms with van der Waals surface area (Å²) in [4.78, 5) is 27.0. The molecule has 4 N–H and O–H groups in total. The number of rotatable bonds is 18. The molecule has 328 valence electrons. The van der Waals surface area contributed by atoms with E-state index in [0.717, 1.165) is 89.9 Å². The van der Waals surface area contributed by atoms with E-state index in [0.29, 0.717) is 50.1 Å². The van der Waals surface area contributed by atoms with Crippen molar-refractivity contribution >= 4 is 11.8 Å². The molecule has 0 aliphatic heterocycles. The average Bonchev–Trinajstić information content (AvgIpc) is 3.19. The Hall–Kier alpha value is -2.96. The van der Waals surface area contributed by atoms with Gasteiger partial charge in [0.15, 0.2) is 0 Å². The zero-order valence-corrected chi connectivity index (χ0v) is 38.1. The fourth-order valence-electron chi connectivity index (χ4n) is 13.4. The molecule has 0 spiro atoms. The molecule has 5 rings (SSSR count). The molecule has 6 nitrogen and oxygen atoms in total. The minimum absolute atomic E-state index is 0.00762. The lowest BCUT2D eigenvalue weighted by atomic mass is 9.33. The summed E-state index contributed by atoms with van der Waals surface area (Å²) in [5.74, 6) is 1.66. The van der Waals surface area contributed by atoms with Crippen LogP contribution in [0.3, 0.4) is 0 Å². The Labute approximate surface area is 359 Å². The molecule has 6 heteroatoms. The van der Waals surface area contributed by atoms with Crippen molar-refractivity contribution in [2.45, 2.75) is 170 Å². The highest BCUT2D eigenvalue weighted by atomic mass is 16.3. The van der Waals surface area contributed by atoms with Crippen molar-refractivity contribution in [1.29, 1.82) is 0 Å². The molecule has 5 aliphatic rings. The SMILES string of the molecule is CC/C=C\C/C=C\C/C=C\C/C=C\C/C=C\C/C=C\CCC(=O)NCCNC(=O)[C@]12CCC[C@H](C)[C@H]1C1=CC[C@@H]3[C@@]4(C)C[C@@H](O)[C@H](O)C(C)(C)[C@@H]4CC[C@@]3(C)[C@]1(C)CC2. The Morgan fingerprint density at radius 2 is 1.31 bits per heavy atom. The summed E-state index contributed by atoms with van der Waals surface area (Å²) in [5, 5.41) is 28.6. The quantitative estimate of drug-likeness (QED) is 0.0818. The Balaban J connectivity index is 1.05. The van der Waals surface area contributed by atoms with Crippen molar-refractivity contribution in [1.82, 2.24) is 10.6 Å². The number of carbonyl (C=O) groups is 2. The van der Waals surface area contributed by atoms with Crippen LogP contribution in [0.15, 0.2) is 84.6 Å². The number of aliphatic hydroxyl groups is 2. The molecule has 2 amide bonds. The van der Waals surface area contributed by atoms with Crippen molar-refractivity contribution in [3.05, 3.63) is 84.6 Å². The summed E-state index contributed by atoms with van der Waals surface area (Å²) in [6.07, 6.45) is 43.3. The van der Waals surface area contributed by atoms with Crippen molar-refractivity contribution < 1.29 is 19.8 Å². The first-order valence-electron chi connectivity index (χ1n) is 23.7. The molecule has 0 unspecified atom stereocenters. The van der Waals surface area contributed by atoms with Crippen molar-refractivity contribution in [2.75, 3.05) is 13.1 Å². The summed E-state index contributed by atoms with van der Waals surface area (Å²) in [5.41, 5.74) is 0.805. The Morgan fingerprint density at radius 1 is 0.729 bits per heavy atom. The highest BCUT2D eigenvalue weighted by molar-refractivity contribution is 5.84. The van der Waals surface area contributed by atoms with Gasteiger partial charge in [0.2, 0.25) is 11.8 Å². The topological polar surface area (TPSA) is 98.7 Å². The Bertz CT molecular complexity index is 1630. The van der Waals surface area contributed by atoms with Gasteiger partial charge < -0.3 is 20.8 Å². The minimum atomic E-state index is -0.694. The van der Waals surface area contributed by atoms with Crippen LogP contribution >= 0.6 is 0 Å². The van der Waals surface area contributed by atoms with E-state index in [-0.39, 0.29) is 39.4 Å². The zero-order chi connectivity index (χ0) is 42.7. The van der Waals surface area contributed by atoms with E-state index in [2.05, 4.69) is 138 Å². The fourth-order valence-corrected chi connectivity index (χ4v) is 13.4. The standard InChI is InChI=1S/C53H82N2O4/c1-8-9-10-11-12-13-14-15-16-17-18-19-20-21-22-23-24-25-26-29-45(57)54-37-38-55-48(59)53-33-27-28-40(2)46(53)41-30-31-44-50(5)39-42(56)47(58)49(3,4)43(50)32-34-52(44,7)51(41,6)35-36-53/h9-10,12-13,15-16,18-19,21-22,24-25,30,40,42-44,46-47,56,58H,8,11,14,17,20,23,26-29,31-39H2,1-7H3,(H,54,57)(H,55,59)/b10-9-,13-12-,16-15-,19-18-,22-21-,25-24-/t40-,42+,43-,44+,46-,47-,50-,51+,52+,53-/m0/s1. The molecule has 0 aromatic heterocycles. The van der Waals surface area contributed by atoms with E-state index >= 15 is 0 Å². The lowest BCUT2D eigenvalue weighted by molar-refractivity contribution is -0.231. The second-order valence-electron chi connectivity index (χ2n) is 20.4. The number of aliphatic hydroxyl groups excluding tert-OH is 2. The van der Waals surface area contributed by atoms with Crippen LogP contribution in [0.25, 0.3) is 0 Å². The molecule has 4 saturated carbocycles. The van der Waals surface area contributed by atoms with Gasteiger partial charge in [-0.3, -0.25) is 9.59 Å². The summed E-state index contributed by atoms with van der Waals surface area (Å²) in [6.45, 7) is 17.3. The van der Waals surface area contributed by atoms with Gasteiger partial charge in [-0.2, -0.15) is 0 Å². The van der Waals surface area contributed by atoms with Crippen LogP contribution in [-0.2, 0) is 9.59 Å². The largest absolute Gasteiger partial charge is 0.390 e. The first-order chi connectivity index (χ1) is 28.2. The molecule has 10 atom stereocenters. The molecule has 0 saturated heterocycles. The van der Waals surface area contributed by atoms with E-state index in [1.807, 2.05) is 0 Å². The number of nitrogens with one attached hydrogen (secondary N) is 2. The number of fused-ring (bicyclic) bond motifs is 7. The van der Waals surface area contributed by atoms with Gasteiger partial charge in [-0.25, -0.2) is 0 Å². The van der Waals surface area contributed by atoms with E-state index in [1.165, 1.54) is 5.57 Å². The van der Waals surface area contributed by atoms with E-state index in [9.17, 15) is 19.8 Å². The fraction of sp³-hybridized carbons (Fsp3) is 0.698. The Kier molecular flexibility index (Phi) is 16.6. The van der Waals surface area contributed by atoms with Gasteiger partial charge in [-0.15, -0.1) is 0 Å². The van der Waals surface area contributed by atoms with Gasteiger partial charge >= 0.3 is 0 Å². The van der Waals surface area contributed by atoms with Crippen LogP contribution in [0.5, 0.6) is 0 Å². The highest BCUT2D eigenvalue weighted by Crippen LogP contribution is 2.75. The normalized spacial score (nSPS) is 36.9. The molecule has 0 bridgehead atoms. The van der Waals surface area contributed by atoms with Gasteiger partial charge in [0.25, 0.3) is 0 Å². The second-order valence-corrected chi connectivity index (χ2v) is 20.4. The highest BCUT2D eigenvalue weighted by Gasteiger charge is 2.69.